The van der Waals surface area contributed by atoms with Crippen LogP contribution >= 0.6 is 0 Å². The molecule has 0 aliphatic carbocycles. The lowest BCUT2D eigenvalue weighted by Crippen LogP contribution is -2.14. The van der Waals surface area contributed by atoms with Crippen LogP contribution < -0.4 is 5.32 Å². The van der Waals surface area contributed by atoms with E-state index in [-0.39, 0.29) is 11.8 Å². The van der Waals surface area contributed by atoms with E-state index >= 15 is 0 Å². The molecule has 2 heteroatoms. The molecule has 2 aromatic rings. The summed E-state index contributed by atoms with van der Waals surface area (Å²) in [6.07, 6.45) is 0.768. The summed E-state index contributed by atoms with van der Waals surface area (Å²) in [5.41, 5.74) is 5.75. The minimum absolute atomic E-state index is 0.0586. The highest BCUT2D eigenvalue weighted by molar-refractivity contribution is 6.03. The summed E-state index contributed by atoms with van der Waals surface area (Å²) < 4.78 is 0. The predicted octanol–water partition coefficient (Wildman–Crippen LogP) is 3.58. The number of aryl methyl sites for hydroxylation is 2. The Kier molecular flexibility index (Phi) is 2.86. The van der Waals surface area contributed by atoms with Crippen molar-refractivity contribution in [2.45, 2.75) is 26.2 Å². The van der Waals surface area contributed by atoms with Crippen molar-refractivity contribution >= 4 is 11.6 Å². The Hall–Kier alpha value is -2.09. The third-order valence-electron chi connectivity index (χ3n) is 3.68. The summed E-state index contributed by atoms with van der Waals surface area (Å²) in [5, 5.41) is 2.97. The molecule has 1 N–H and O–H groups in total. The number of hydrogen-bond donors (Lipinski definition) is 1. The number of anilines is 1. The fourth-order valence-electron chi connectivity index (χ4n) is 2.72. The quantitative estimate of drug-likeness (QED) is 0.868. The molecule has 0 unspecified atom stereocenters. The number of hydrogen-bond acceptors (Lipinski definition) is 1. The molecule has 3 rings (SSSR count). The van der Waals surface area contributed by atoms with Gasteiger partial charge in [0.1, 0.15) is 0 Å². The Morgan fingerprint density at radius 3 is 2.63 bits per heavy atom. The first-order chi connectivity index (χ1) is 9.13. The third-order valence-corrected chi connectivity index (χ3v) is 3.68. The van der Waals surface area contributed by atoms with E-state index in [9.17, 15) is 4.79 Å². The van der Waals surface area contributed by atoms with Crippen molar-refractivity contribution in [1.82, 2.24) is 0 Å². The molecule has 96 valence electrons. The number of nitrogens with one attached hydrogen (secondary N) is 1. The van der Waals surface area contributed by atoms with E-state index in [1.807, 2.05) is 12.1 Å². The highest BCUT2D eigenvalue weighted by atomic mass is 16.2. The van der Waals surface area contributed by atoms with Crippen molar-refractivity contribution in [3.63, 3.8) is 0 Å². The van der Waals surface area contributed by atoms with Crippen LogP contribution in [-0.4, -0.2) is 5.91 Å². The molecule has 19 heavy (non-hydrogen) atoms. The molecule has 2 nitrogen and oxygen atoms in total. The van der Waals surface area contributed by atoms with Crippen LogP contribution in [0.15, 0.2) is 42.5 Å². The number of carbonyl (C=O) groups excluding carboxylic acids is 1. The lowest BCUT2D eigenvalue weighted by atomic mass is 9.92. The van der Waals surface area contributed by atoms with Gasteiger partial charge in [-0.05, 0) is 37.5 Å². The van der Waals surface area contributed by atoms with E-state index in [1.165, 1.54) is 16.7 Å². The normalized spacial score (nSPS) is 17.2. The van der Waals surface area contributed by atoms with Crippen LogP contribution in [0.4, 0.5) is 5.69 Å². The molecular formula is C17H17NO. The first kappa shape index (κ1) is 12.0. The van der Waals surface area contributed by atoms with E-state index in [4.69, 9.17) is 0 Å². The van der Waals surface area contributed by atoms with Crippen LogP contribution in [0.5, 0.6) is 0 Å². The Morgan fingerprint density at radius 2 is 1.84 bits per heavy atom. The topological polar surface area (TPSA) is 29.1 Å². The summed E-state index contributed by atoms with van der Waals surface area (Å²) in [4.78, 5) is 12.1. The standard InChI is InChI=1S/C17H17NO/c1-11-4-3-5-13(8-11)10-15-14-9-12(2)6-7-16(14)18-17(15)19/h3-9,15H,10H2,1-2H3,(H,18,19)/t15-/m1/s1. The fraction of sp³-hybridized carbons (Fsp3) is 0.235. The smallest absolute Gasteiger partial charge is 0.232 e. The SMILES string of the molecule is Cc1cccc(C[C@H]2C(=O)Nc3ccc(C)cc32)c1. The van der Waals surface area contributed by atoms with Crippen molar-refractivity contribution in [2.75, 3.05) is 5.32 Å². The summed E-state index contributed by atoms with van der Waals surface area (Å²) >= 11 is 0. The Morgan fingerprint density at radius 1 is 1.05 bits per heavy atom. The fourth-order valence-corrected chi connectivity index (χ4v) is 2.72. The van der Waals surface area contributed by atoms with Crippen molar-refractivity contribution in [2.24, 2.45) is 0 Å². The third kappa shape index (κ3) is 2.26. The molecule has 0 saturated carbocycles. The highest BCUT2D eigenvalue weighted by Crippen LogP contribution is 2.35. The number of amides is 1. The molecule has 0 spiro atoms. The van der Waals surface area contributed by atoms with Gasteiger partial charge >= 0.3 is 0 Å². The molecule has 2 aromatic carbocycles. The second-order valence-corrected chi connectivity index (χ2v) is 5.33. The van der Waals surface area contributed by atoms with Crippen LogP contribution in [0, 0.1) is 13.8 Å². The van der Waals surface area contributed by atoms with Crippen LogP contribution in [0.3, 0.4) is 0 Å². The number of benzene rings is 2. The molecule has 1 atom stereocenters. The first-order valence-corrected chi connectivity index (χ1v) is 6.60. The zero-order chi connectivity index (χ0) is 13.4. The van der Waals surface area contributed by atoms with Gasteiger partial charge in [0.15, 0.2) is 0 Å². The molecule has 1 heterocycles. The predicted molar refractivity (Wildman–Crippen MR) is 77.4 cm³/mol. The summed E-state index contributed by atoms with van der Waals surface area (Å²) in [7, 11) is 0. The van der Waals surface area contributed by atoms with E-state index < -0.39 is 0 Å². The molecule has 0 saturated heterocycles. The van der Waals surface area contributed by atoms with Crippen molar-refractivity contribution in [3.8, 4) is 0 Å². The van der Waals surface area contributed by atoms with Gasteiger partial charge in [0.25, 0.3) is 0 Å². The van der Waals surface area contributed by atoms with Gasteiger partial charge in [-0.1, -0.05) is 47.5 Å². The lowest BCUT2D eigenvalue weighted by molar-refractivity contribution is -0.117. The molecular weight excluding hydrogens is 234 g/mol. The van der Waals surface area contributed by atoms with Crippen LogP contribution in [0.2, 0.25) is 0 Å². The maximum atomic E-state index is 12.1. The van der Waals surface area contributed by atoms with Gasteiger partial charge < -0.3 is 5.32 Å². The molecule has 1 aliphatic heterocycles. The summed E-state index contributed by atoms with van der Waals surface area (Å²) in [6.45, 7) is 4.14. The van der Waals surface area contributed by atoms with E-state index in [2.05, 4.69) is 49.5 Å². The zero-order valence-electron chi connectivity index (χ0n) is 11.2. The minimum atomic E-state index is -0.0586. The average Bonchev–Trinajstić information content (AvgIpc) is 2.66. The van der Waals surface area contributed by atoms with Crippen LogP contribution in [0.1, 0.15) is 28.2 Å². The van der Waals surface area contributed by atoms with Gasteiger partial charge in [0, 0.05) is 5.69 Å². The van der Waals surface area contributed by atoms with Gasteiger partial charge in [0.05, 0.1) is 5.92 Å². The lowest BCUT2D eigenvalue weighted by Gasteiger charge is -2.10. The minimum Gasteiger partial charge on any atom is -0.325 e. The number of fused-ring (bicyclic) bond motifs is 1. The van der Waals surface area contributed by atoms with Crippen molar-refractivity contribution in [1.29, 1.82) is 0 Å². The van der Waals surface area contributed by atoms with Crippen molar-refractivity contribution < 1.29 is 4.79 Å². The van der Waals surface area contributed by atoms with Gasteiger partial charge in [-0.15, -0.1) is 0 Å². The molecule has 0 fully saturated rings. The Balaban J connectivity index is 1.94. The van der Waals surface area contributed by atoms with Crippen molar-refractivity contribution in [3.05, 3.63) is 64.7 Å². The Bertz CT molecular complexity index is 645. The van der Waals surface area contributed by atoms with Gasteiger partial charge in [-0.2, -0.15) is 0 Å². The summed E-state index contributed by atoms with van der Waals surface area (Å²) in [6, 6.07) is 14.5. The monoisotopic (exact) mass is 251 g/mol. The van der Waals surface area contributed by atoms with Crippen LogP contribution in [-0.2, 0) is 11.2 Å². The largest absolute Gasteiger partial charge is 0.325 e. The summed E-state index contributed by atoms with van der Waals surface area (Å²) in [5.74, 6) is 0.0545. The van der Waals surface area contributed by atoms with Gasteiger partial charge in [0.2, 0.25) is 5.91 Å². The second-order valence-electron chi connectivity index (χ2n) is 5.33. The average molecular weight is 251 g/mol. The molecule has 0 radical (unpaired) electrons. The Labute approximate surface area is 113 Å². The van der Waals surface area contributed by atoms with Gasteiger partial charge in [-0.3, -0.25) is 4.79 Å². The second kappa shape index (κ2) is 4.54. The maximum absolute atomic E-state index is 12.1. The first-order valence-electron chi connectivity index (χ1n) is 6.60. The number of rotatable bonds is 2. The number of carbonyl (C=O) groups is 1. The van der Waals surface area contributed by atoms with Gasteiger partial charge in [-0.25, -0.2) is 0 Å². The maximum Gasteiger partial charge on any atom is 0.232 e. The van der Waals surface area contributed by atoms with E-state index in [1.54, 1.807) is 0 Å². The molecule has 0 bridgehead atoms. The van der Waals surface area contributed by atoms with E-state index in [0.29, 0.717) is 0 Å². The molecule has 1 amide bonds. The van der Waals surface area contributed by atoms with E-state index in [0.717, 1.165) is 17.7 Å². The van der Waals surface area contributed by atoms with Crippen LogP contribution in [0.25, 0.3) is 0 Å². The molecule has 0 aromatic heterocycles. The zero-order valence-corrected chi connectivity index (χ0v) is 11.2. The molecule has 1 aliphatic rings. The highest BCUT2D eigenvalue weighted by Gasteiger charge is 2.30.